The maximum atomic E-state index is 6.07. The van der Waals surface area contributed by atoms with Crippen LogP contribution in [-0.2, 0) is 6.42 Å². The maximum absolute atomic E-state index is 6.07. The molecule has 0 unspecified atom stereocenters. The summed E-state index contributed by atoms with van der Waals surface area (Å²) in [7, 11) is 0. The molecule has 0 saturated heterocycles. The normalized spacial score (nSPS) is 10.8. The average Bonchev–Trinajstić information content (AvgIpc) is 2.79. The van der Waals surface area contributed by atoms with E-state index in [1.165, 1.54) is 0 Å². The van der Waals surface area contributed by atoms with E-state index in [0.717, 1.165) is 5.69 Å². The summed E-state index contributed by atoms with van der Waals surface area (Å²) in [5, 5.41) is 1.89. The van der Waals surface area contributed by atoms with Gasteiger partial charge in [0, 0.05) is 21.1 Å². The smallest absolute Gasteiger partial charge is 0.246 e. The lowest BCUT2D eigenvalue weighted by Gasteiger charge is -2.21. The lowest BCUT2D eigenvalue weighted by molar-refractivity contribution is 0.00588. The molecule has 4 rings (SSSR count). The maximum Gasteiger partial charge on any atom is 0.246 e. The molecule has 162 valence electrons. The lowest BCUT2D eigenvalue weighted by atomic mass is 10.2. The van der Waals surface area contributed by atoms with Gasteiger partial charge in [-0.3, -0.25) is 0 Å². The van der Waals surface area contributed by atoms with Crippen LogP contribution in [0.1, 0.15) is 5.69 Å². The van der Waals surface area contributed by atoms with Crippen molar-refractivity contribution in [2.75, 3.05) is 0 Å². The minimum Gasteiger partial charge on any atom is -0.454 e. The summed E-state index contributed by atoms with van der Waals surface area (Å²) < 4.78 is 18.0. The molecule has 3 aromatic carbocycles. The van der Waals surface area contributed by atoms with Gasteiger partial charge in [0.15, 0.2) is 0 Å². The van der Waals surface area contributed by atoms with E-state index < -0.39 is 6.29 Å². The third-order valence-electron chi connectivity index (χ3n) is 4.36. The molecule has 0 aliphatic carbocycles. The van der Waals surface area contributed by atoms with Crippen LogP contribution in [0.15, 0.2) is 91.0 Å². The average molecular weight is 487 g/mol. The minimum absolute atomic E-state index is 0.378. The molecule has 0 aliphatic heterocycles. The fraction of sp³-hybridized carbons (Fsp3) is 0.0800. The Labute approximate surface area is 201 Å². The first kappa shape index (κ1) is 22.3. The van der Waals surface area contributed by atoms with E-state index in [-0.39, 0.29) is 0 Å². The summed E-state index contributed by atoms with van der Waals surface area (Å²) in [5.74, 6) is 2.36. The van der Waals surface area contributed by atoms with E-state index in [0.29, 0.717) is 44.6 Å². The molecule has 0 fully saturated rings. The molecule has 0 N–H and O–H groups in total. The van der Waals surface area contributed by atoms with Crippen LogP contribution in [0.4, 0.5) is 0 Å². The molecule has 0 radical (unpaired) electrons. The van der Waals surface area contributed by atoms with Gasteiger partial charge in [-0.05, 0) is 78.9 Å². The Bertz CT molecular complexity index is 1100. The molecule has 4 aromatic rings. The van der Waals surface area contributed by atoms with Gasteiger partial charge in [0.05, 0.1) is 12.1 Å². The topological polar surface area (TPSA) is 40.6 Å². The zero-order valence-corrected chi connectivity index (χ0v) is 19.0. The van der Waals surface area contributed by atoms with E-state index in [1.54, 1.807) is 78.9 Å². The predicted molar refractivity (Wildman–Crippen MR) is 127 cm³/mol. The van der Waals surface area contributed by atoms with Gasteiger partial charge in [0.1, 0.15) is 17.2 Å². The van der Waals surface area contributed by atoms with Gasteiger partial charge in [0.25, 0.3) is 0 Å². The highest BCUT2D eigenvalue weighted by atomic mass is 35.5. The van der Waals surface area contributed by atoms with Gasteiger partial charge in [0.2, 0.25) is 12.2 Å². The standard InChI is InChI=1S/C25H18Cl3NO3/c26-17-4-10-21(11-5-17)30-24-3-1-2-20(29-24)16-25(31-22-12-6-18(27)7-13-22)32-23-14-8-19(28)9-15-23/h1-15,25H,16H2. The number of rotatable bonds is 8. The molecular formula is C25H18Cl3NO3. The summed E-state index contributed by atoms with van der Waals surface area (Å²) in [4.78, 5) is 4.58. The van der Waals surface area contributed by atoms with E-state index in [4.69, 9.17) is 49.0 Å². The summed E-state index contributed by atoms with van der Waals surface area (Å²) in [6.07, 6.45) is -0.265. The molecule has 4 nitrogen and oxygen atoms in total. The van der Waals surface area contributed by atoms with Gasteiger partial charge >= 0.3 is 0 Å². The summed E-state index contributed by atoms with van der Waals surface area (Å²) >= 11 is 17.9. The molecule has 0 spiro atoms. The predicted octanol–water partition coefficient (Wildman–Crippen LogP) is 7.86. The van der Waals surface area contributed by atoms with Crippen molar-refractivity contribution in [2.45, 2.75) is 12.7 Å². The number of hydrogen-bond donors (Lipinski definition) is 0. The zero-order valence-electron chi connectivity index (χ0n) is 16.8. The molecule has 0 amide bonds. The van der Waals surface area contributed by atoms with Crippen molar-refractivity contribution in [2.24, 2.45) is 0 Å². The van der Waals surface area contributed by atoms with Crippen LogP contribution < -0.4 is 14.2 Å². The van der Waals surface area contributed by atoms with E-state index in [1.807, 2.05) is 12.1 Å². The van der Waals surface area contributed by atoms with Crippen LogP contribution in [0.5, 0.6) is 23.1 Å². The van der Waals surface area contributed by atoms with Crippen molar-refractivity contribution in [3.8, 4) is 23.1 Å². The molecule has 0 saturated carbocycles. The highest BCUT2D eigenvalue weighted by Crippen LogP contribution is 2.24. The second-order valence-corrected chi connectivity index (χ2v) is 8.11. The van der Waals surface area contributed by atoms with Crippen molar-refractivity contribution < 1.29 is 14.2 Å². The molecule has 0 atom stereocenters. The summed E-state index contributed by atoms with van der Waals surface area (Å²) in [6, 6.07) is 26.8. The number of nitrogens with zero attached hydrogens (tertiary/aromatic N) is 1. The van der Waals surface area contributed by atoms with Crippen LogP contribution in [0.3, 0.4) is 0 Å². The van der Waals surface area contributed by atoms with Gasteiger partial charge in [-0.1, -0.05) is 40.9 Å². The zero-order chi connectivity index (χ0) is 22.3. The molecule has 1 heterocycles. The van der Waals surface area contributed by atoms with E-state index >= 15 is 0 Å². The van der Waals surface area contributed by atoms with Crippen molar-refractivity contribution in [3.05, 3.63) is 112 Å². The lowest BCUT2D eigenvalue weighted by Crippen LogP contribution is -2.27. The first-order valence-corrected chi connectivity index (χ1v) is 10.9. The fourth-order valence-corrected chi connectivity index (χ4v) is 3.24. The van der Waals surface area contributed by atoms with Crippen LogP contribution >= 0.6 is 34.8 Å². The van der Waals surface area contributed by atoms with Gasteiger partial charge < -0.3 is 14.2 Å². The Balaban J connectivity index is 1.51. The Morgan fingerprint density at radius 2 is 1.06 bits per heavy atom. The molecule has 1 aromatic heterocycles. The quantitative estimate of drug-likeness (QED) is 0.238. The van der Waals surface area contributed by atoms with E-state index in [2.05, 4.69) is 4.98 Å². The first-order valence-electron chi connectivity index (χ1n) is 9.77. The van der Waals surface area contributed by atoms with Crippen molar-refractivity contribution in [1.82, 2.24) is 4.98 Å². The van der Waals surface area contributed by atoms with Crippen LogP contribution in [0.2, 0.25) is 15.1 Å². The Kier molecular flexibility index (Phi) is 7.38. The number of pyridine rings is 1. The van der Waals surface area contributed by atoms with Crippen molar-refractivity contribution in [3.63, 3.8) is 0 Å². The molecular weight excluding hydrogens is 469 g/mol. The molecule has 0 bridgehead atoms. The van der Waals surface area contributed by atoms with Crippen molar-refractivity contribution >= 4 is 34.8 Å². The summed E-state index contributed by atoms with van der Waals surface area (Å²) in [6.45, 7) is 0. The second kappa shape index (κ2) is 10.6. The third-order valence-corrected chi connectivity index (χ3v) is 5.11. The number of benzene rings is 3. The van der Waals surface area contributed by atoms with Crippen LogP contribution in [0, 0.1) is 0 Å². The Morgan fingerprint density at radius 3 is 1.56 bits per heavy atom. The van der Waals surface area contributed by atoms with Gasteiger partial charge in [-0.25, -0.2) is 4.98 Å². The van der Waals surface area contributed by atoms with Crippen LogP contribution in [0.25, 0.3) is 0 Å². The first-order chi connectivity index (χ1) is 15.5. The van der Waals surface area contributed by atoms with Crippen molar-refractivity contribution in [1.29, 1.82) is 0 Å². The molecule has 32 heavy (non-hydrogen) atoms. The number of aromatic nitrogens is 1. The molecule has 7 heteroatoms. The Morgan fingerprint density at radius 1 is 0.594 bits per heavy atom. The van der Waals surface area contributed by atoms with Gasteiger partial charge in [-0.2, -0.15) is 0 Å². The Hall–Kier alpha value is -2.92. The largest absolute Gasteiger partial charge is 0.454 e. The number of halogens is 3. The number of hydrogen-bond acceptors (Lipinski definition) is 4. The second-order valence-electron chi connectivity index (χ2n) is 6.80. The van der Waals surface area contributed by atoms with Gasteiger partial charge in [-0.15, -0.1) is 0 Å². The SMILES string of the molecule is Clc1ccc(Oc2cccc(CC(Oc3ccc(Cl)cc3)Oc3ccc(Cl)cc3)n2)cc1. The highest BCUT2D eigenvalue weighted by molar-refractivity contribution is 6.31. The number of ether oxygens (including phenoxy) is 3. The third kappa shape index (κ3) is 6.54. The summed E-state index contributed by atoms with van der Waals surface area (Å²) in [5.41, 5.74) is 0.740. The van der Waals surface area contributed by atoms with E-state index in [9.17, 15) is 0 Å². The monoisotopic (exact) mass is 485 g/mol. The minimum atomic E-state index is -0.643. The van der Waals surface area contributed by atoms with Crippen LogP contribution in [-0.4, -0.2) is 11.3 Å². The highest BCUT2D eigenvalue weighted by Gasteiger charge is 2.16. The molecule has 0 aliphatic rings. The fourth-order valence-electron chi connectivity index (χ4n) is 2.86.